The van der Waals surface area contributed by atoms with Crippen molar-refractivity contribution in [1.82, 2.24) is 10.2 Å². The summed E-state index contributed by atoms with van der Waals surface area (Å²) in [6, 6.07) is 16.4. The van der Waals surface area contributed by atoms with Crippen LogP contribution < -0.4 is 5.32 Å². The van der Waals surface area contributed by atoms with E-state index in [4.69, 9.17) is 4.74 Å². The number of ether oxygens (including phenoxy) is 1. The van der Waals surface area contributed by atoms with Gasteiger partial charge in [0.25, 0.3) is 0 Å². The van der Waals surface area contributed by atoms with E-state index in [0.717, 1.165) is 6.42 Å². The summed E-state index contributed by atoms with van der Waals surface area (Å²) >= 11 is 1.47. The molecule has 0 bridgehead atoms. The number of carboxylic acids is 1. The third-order valence-corrected chi connectivity index (χ3v) is 8.16. The van der Waals surface area contributed by atoms with E-state index in [0.29, 0.717) is 31.1 Å². The van der Waals surface area contributed by atoms with Gasteiger partial charge in [-0.15, -0.1) is 0 Å². The van der Waals surface area contributed by atoms with Crippen LogP contribution in [-0.4, -0.2) is 65.7 Å². The van der Waals surface area contributed by atoms with E-state index in [2.05, 4.69) is 29.6 Å². The quantitative estimate of drug-likeness (QED) is 0.562. The van der Waals surface area contributed by atoms with Gasteiger partial charge in [0.15, 0.2) is 0 Å². The van der Waals surface area contributed by atoms with Crippen LogP contribution in [0.1, 0.15) is 23.5 Å². The van der Waals surface area contributed by atoms with Gasteiger partial charge in [0, 0.05) is 31.3 Å². The maximum Gasteiger partial charge on any atom is 0.407 e. The molecule has 3 aliphatic rings. The van der Waals surface area contributed by atoms with E-state index in [1.807, 2.05) is 24.3 Å². The van der Waals surface area contributed by atoms with Gasteiger partial charge in [-0.2, -0.15) is 11.8 Å². The smallest absolute Gasteiger partial charge is 0.407 e. The molecule has 2 amide bonds. The zero-order valence-electron chi connectivity index (χ0n) is 18.8. The standard InChI is InChI=1S/C26H28N2O5S/c29-23(28-11-9-20-21(13-28)24(20)25(30)31)15-34-12-10-27-26(32)33-14-22-18-7-3-1-5-16(18)17-6-2-4-8-19(17)22/h1-8,20-22,24H,9-15H2,(H,27,32)(H,30,31). The van der Waals surface area contributed by atoms with E-state index in [1.54, 1.807) is 4.90 Å². The molecule has 0 spiro atoms. The number of likely N-dealkylation sites (tertiary alicyclic amines) is 1. The topological polar surface area (TPSA) is 95.9 Å². The number of thioether (sulfide) groups is 1. The summed E-state index contributed by atoms with van der Waals surface area (Å²) < 4.78 is 5.53. The number of rotatable bonds is 8. The van der Waals surface area contributed by atoms with Crippen molar-refractivity contribution in [2.45, 2.75) is 12.3 Å². The molecule has 2 N–H and O–H groups in total. The highest BCUT2D eigenvalue weighted by atomic mass is 32.2. The summed E-state index contributed by atoms with van der Waals surface area (Å²) in [4.78, 5) is 37.6. The Morgan fingerprint density at radius 2 is 1.71 bits per heavy atom. The van der Waals surface area contributed by atoms with Crippen molar-refractivity contribution in [2.24, 2.45) is 17.8 Å². The number of carbonyl (C=O) groups is 3. The number of nitrogens with zero attached hydrogens (tertiary/aromatic N) is 1. The minimum atomic E-state index is -0.738. The number of alkyl carbamates (subject to hydrolysis) is 1. The molecule has 7 nitrogen and oxygen atoms in total. The second kappa shape index (κ2) is 9.70. The van der Waals surface area contributed by atoms with Gasteiger partial charge in [0.05, 0.1) is 11.7 Å². The minimum absolute atomic E-state index is 0.0291. The monoisotopic (exact) mass is 480 g/mol. The summed E-state index contributed by atoms with van der Waals surface area (Å²) in [7, 11) is 0. The summed E-state index contributed by atoms with van der Waals surface area (Å²) in [5, 5.41) is 12.0. The summed E-state index contributed by atoms with van der Waals surface area (Å²) in [6.45, 7) is 1.89. The molecule has 1 aliphatic heterocycles. The van der Waals surface area contributed by atoms with Crippen LogP contribution in [0.3, 0.4) is 0 Å². The fourth-order valence-electron chi connectivity index (χ4n) is 5.46. The molecule has 8 heteroatoms. The summed E-state index contributed by atoms with van der Waals surface area (Å²) in [5.74, 6) is 0.368. The SMILES string of the molecule is O=C(NCCSCC(=O)N1CCC2C(C1)C2C(=O)O)OCC1c2ccccc2-c2ccccc21. The van der Waals surface area contributed by atoms with Crippen molar-refractivity contribution in [2.75, 3.05) is 37.7 Å². The molecule has 2 aliphatic carbocycles. The number of hydrogen-bond acceptors (Lipinski definition) is 5. The molecule has 2 fully saturated rings. The van der Waals surface area contributed by atoms with Crippen molar-refractivity contribution in [1.29, 1.82) is 0 Å². The maximum atomic E-state index is 12.4. The third kappa shape index (κ3) is 4.51. The molecule has 3 atom stereocenters. The molecule has 5 rings (SSSR count). The third-order valence-electron chi connectivity index (χ3n) is 7.22. The van der Waals surface area contributed by atoms with Crippen molar-refractivity contribution < 1.29 is 24.2 Å². The molecule has 34 heavy (non-hydrogen) atoms. The van der Waals surface area contributed by atoms with Crippen molar-refractivity contribution >= 4 is 29.7 Å². The Kier molecular flexibility index (Phi) is 6.50. The number of hydrogen-bond donors (Lipinski definition) is 2. The number of benzene rings is 2. The molecule has 1 heterocycles. The molecule has 1 saturated carbocycles. The fourth-order valence-corrected chi connectivity index (χ4v) is 6.20. The van der Waals surface area contributed by atoms with Gasteiger partial charge >= 0.3 is 12.1 Å². The Morgan fingerprint density at radius 1 is 1.03 bits per heavy atom. The minimum Gasteiger partial charge on any atom is -0.481 e. The van der Waals surface area contributed by atoms with Gasteiger partial charge in [-0.3, -0.25) is 9.59 Å². The first-order valence-corrected chi connectivity index (χ1v) is 12.9. The first-order chi connectivity index (χ1) is 16.5. The van der Waals surface area contributed by atoms with Gasteiger partial charge in [0.2, 0.25) is 5.91 Å². The van der Waals surface area contributed by atoms with Crippen LogP contribution in [0, 0.1) is 17.8 Å². The molecular formula is C26H28N2O5S. The normalized spacial score (nSPS) is 22.4. The van der Waals surface area contributed by atoms with Gasteiger partial charge < -0.3 is 20.1 Å². The summed E-state index contributed by atoms with van der Waals surface area (Å²) in [5.41, 5.74) is 4.74. The van der Waals surface area contributed by atoms with Gasteiger partial charge in [-0.1, -0.05) is 48.5 Å². The van der Waals surface area contributed by atoms with Crippen molar-refractivity contribution in [3.63, 3.8) is 0 Å². The predicted molar refractivity (Wildman–Crippen MR) is 130 cm³/mol. The molecule has 3 unspecified atom stereocenters. The predicted octanol–water partition coefficient (Wildman–Crippen LogP) is 3.44. The van der Waals surface area contributed by atoms with Gasteiger partial charge in [-0.25, -0.2) is 4.79 Å². The number of carboxylic acid groups (broad SMARTS) is 1. The Bertz CT molecular complexity index is 1060. The number of aliphatic carboxylic acids is 1. The Balaban J connectivity index is 1.01. The number of carbonyl (C=O) groups excluding carboxylic acids is 2. The Morgan fingerprint density at radius 3 is 2.38 bits per heavy atom. The molecule has 1 saturated heterocycles. The highest BCUT2D eigenvalue weighted by molar-refractivity contribution is 7.99. The van der Waals surface area contributed by atoms with Crippen molar-refractivity contribution in [3.05, 3.63) is 59.7 Å². The van der Waals surface area contributed by atoms with E-state index in [-0.39, 0.29) is 36.2 Å². The summed E-state index contributed by atoms with van der Waals surface area (Å²) in [6.07, 6.45) is 0.325. The second-order valence-electron chi connectivity index (χ2n) is 9.13. The Hall–Kier alpha value is -3.00. The first-order valence-electron chi connectivity index (χ1n) is 11.7. The second-order valence-corrected chi connectivity index (χ2v) is 10.2. The Labute approximate surface area is 202 Å². The molecule has 2 aromatic rings. The average molecular weight is 481 g/mol. The van der Waals surface area contributed by atoms with Crippen LogP contribution >= 0.6 is 11.8 Å². The van der Waals surface area contributed by atoms with Crippen LogP contribution in [0.15, 0.2) is 48.5 Å². The van der Waals surface area contributed by atoms with Crippen molar-refractivity contribution in [3.8, 4) is 11.1 Å². The highest BCUT2D eigenvalue weighted by Crippen LogP contribution is 2.51. The molecule has 2 aromatic carbocycles. The molecular weight excluding hydrogens is 452 g/mol. The van der Waals surface area contributed by atoms with Crippen LogP contribution in [0.4, 0.5) is 4.79 Å². The lowest BCUT2D eigenvalue weighted by Crippen LogP contribution is -2.38. The molecule has 178 valence electrons. The maximum absolute atomic E-state index is 12.4. The number of piperidine rings is 1. The van der Waals surface area contributed by atoms with E-state index in [9.17, 15) is 19.5 Å². The van der Waals surface area contributed by atoms with Gasteiger partial charge in [0.1, 0.15) is 6.61 Å². The van der Waals surface area contributed by atoms with E-state index >= 15 is 0 Å². The largest absolute Gasteiger partial charge is 0.481 e. The average Bonchev–Trinajstić information content (AvgIpc) is 3.50. The fraction of sp³-hybridized carbons (Fsp3) is 0.423. The lowest BCUT2D eigenvalue weighted by molar-refractivity contribution is -0.139. The zero-order chi connectivity index (χ0) is 23.7. The first kappa shape index (κ1) is 22.8. The van der Waals surface area contributed by atoms with E-state index < -0.39 is 12.1 Å². The number of nitrogens with one attached hydrogen (secondary N) is 1. The zero-order valence-corrected chi connectivity index (χ0v) is 19.6. The number of fused-ring (bicyclic) bond motifs is 4. The van der Waals surface area contributed by atoms with Crippen LogP contribution in [-0.2, 0) is 14.3 Å². The van der Waals surface area contributed by atoms with E-state index in [1.165, 1.54) is 34.0 Å². The van der Waals surface area contributed by atoms with Crippen LogP contribution in [0.25, 0.3) is 11.1 Å². The number of amides is 2. The lowest BCUT2D eigenvalue weighted by atomic mass is 9.98. The highest BCUT2D eigenvalue weighted by Gasteiger charge is 2.57. The molecule has 0 aromatic heterocycles. The van der Waals surface area contributed by atoms with Crippen LogP contribution in [0.5, 0.6) is 0 Å². The molecule has 0 radical (unpaired) electrons. The van der Waals surface area contributed by atoms with Gasteiger partial charge in [-0.05, 0) is 40.5 Å². The lowest BCUT2D eigenvalue weighted by Gasteiger charge is -2.26. The van der Waals surface area contributed by atoms with Crippen LogP contribution in [0.2, 0.25) is 0 Å².